The van der Waals surface area contributed by atoms with Crippen LogP contribution >= 0.6 is 11.6 Å². The average Bonchev–Trinajstić information content (AvgIpc) is 3.15. The molecular formula is C20H24ClN3O2. The first kappa shape index (κ1) is 18.7. The molecule has 2 unspecified atom stereocenters. The third kappa shape index (κ3) is 4.75. The van der Waals surface area contributed by atoms with Crippen molar-refractivity contribution in [3.63, 3.8) is 0 Å². The fraction of sp³-hybridized carbons (Fsp3) is 0.350. The molecule has 0 spiro atoms. The number of hydrogen-bond acceptors (Lipinski definition) is 4. The second-order valence-corrected chi connectivity index (χ2v) is 6.81. The Morgan fingerprint density at radius 2 is 2.08 bits per heavy atom. The van der Waals surface area contributed by atoms with Crippen LogP contribution in [0.25, 0.3) is 0 Å². The molecule has 2 atom stereocenters. The van der Waals surface area contributed by atoms with Crippen LogP contribution in [-0.2, 0) is 11.3 Å². The van der Waals surface area contributed by atoms with Crippen molar-refractivity contribution in [2.75, 3.05) is 13.2 Å². The van der Waals surface area contributed by atoms with E-state index in [1.165, 1.54) is 0 Å². The lowest BCUT2D eigenvalue weighted by atomic mass is 9.94. The Morgan fingerprint density at radius 1 is 1.27 bits per heavy atom. The van der Waals surface area contributed by atoms with Gasteiger partial charge in [0.1, 0.15) is 5.75 Å². The second-order valence-electron chi connectivity index (χ2n) is 6.37. The largest absolute Gasteiger partial charge is 0.494 e. The summed E-state index contributed by atoms with van der Waals surface area (Å²) in [5.74, 6) is 0.673. The maximum atomic E-state index is 12.6. The number of hydrogen-bond donors (Lipinski definition) is 3. The van der Waals surface area contributed by atoms with Gasteiger partial charge < -0.3 is 10.1 Å². The minimum atomic E-state index is -0.194. The number of carbonyl (C=O) groups is 1. The standard InChI is InChI=1S/C20H24ClN3O2/c1-2-10-26-17-8-6-14(7-9-17)12-22-20(25)18-13-23-24-19(18)15-4-3-5-16(21)11-15/h3-9,11,18-19,23-24H,2,10,12-13H2,1H3,(H,22,25). The number of rotatable bonds is 7. The highest BCUT2D eigenvalue weighted by Gasteiger charge is 2.33. The molecule has 26 heavy (non-hydrogen) atoms. The molecule has 0 bridgehead atoms. The molecule has 1 heterocycles. The Hall–Kier alpha value is -2.08. The van der Waals surface area contributed by atoms with E-state index in [1.54, 1.807) is 0 Å². The minimum absolute atomic E-state index is 0.0128. The van der Waals surface area contributed by atoms with Crippen LogP contribution in [0.5, 0.6) is 5.75 Å². The lowest BCUT2D eigenvalue weighted by Crippen LogP contribution is -2.34. The normalized spacial score (nSPS) is 19.3. The molecular weight excluding hydrogens is 350 g/mol. The third-order valence-electron chi connectivity index (χ3n) is 4.39. The fourth-order valence-corrected chi connectivity index (χ4v) is 3.20. The Kier molecular flexibility index (Phi) is 6.50. The van der Waals surface area contributed by atoms with Crippen LogP contribution in [0.3, 0.4) is 0 Å². The van der Waals surface area contributed by atoms with E-state index in [9.17, 15) is 4.79 Å². The Morgan fingerprint density at radius 3 is 2.81 bits per heavy atom. The summed E-state index contributed by atoms with van der Waals surface area (Å²) in [5.41, 5.74) is 8.29. The van der Waals surface area contributed by atoms with Crippen LogP contribution < -0.4 is 20.9 Å². The maximum absolute atomic E-state index is 12.6. The predicted molar refractivity (Wildman–Crippen MR) is 103 cm³/mol. The van der Waals surface area contributed by atoms with Gasteiger partial charge in [-0.3, -0.25) is 10.2 Å². The Balaban J connectivity index is 1.57. The molecule has 1 amide bonds. The molecule has 0 radical (unpaired) electrons. The van der Waals surface area contributed by atoms with Gasteiger partial charge in [0.2, 0.25) is 5.91 Å². The van der Waals surface area contributed by atoms with Crippen LogP contribution in [-0.4, -0.2) is 19.1 Å². The zero-order valence-electron chi connectivity index (χ0n) is 14.8. The quantitative estimate of drug-likeness (QED) is 0.697. The van der Waals surface area contributed by atoms with Crippen LogP contribution in [0, 0.1) is 5.92 Å². The van der Waals surface area contributed by atoms with Gasteiger partial charge in [0.25, 0.3) is 0 Å². The van der Waals surface area contributed by atoms with E-state index in [0.29, 0.717) is 24.7 Å². The van der Waals surface area contributed by atoms with E-state index >= 15 is 0 Å². The van der Waals surface area contributed by atoms with Crippen molar-refractivity contribution >= 4 is 17.5 Å². The van der Waals surface area contributed by atoms with Gasteiger partial charge in [-0.2, -0.15) is 0 Å². The van der Waals surface area contributed by atoms with Crippen molar-refractivity contribution in [2.45, 2.75) is 25.9 Å². The van der Waals surface area contributed by atoms with E-state index in [-0.39, 0.29) is 17.9 Å². The van der Waals surface area contributed by atoms with Gasteiger partial charge in [0, 0.05) is 18.1 Å². The summed E-state index contributed by atoms with van der Waals surface area (Å²) < 4.78 is 5.58. The maximum Gasteiger partial charge on any atom is 0.226 e. The Bertz CT molecular complexity index is 736. The van der Waals surface area contributed by atoms with Crippen molar-refractivity contribution in [3.05, 3.63) is 64.7 Å². The van der Waals surface area contributed by atoms with Gasteiger partial charge in [-0.1, -0.05) is 42.8 Å². The topological polar surface area (TPSA) is 62.4 Å². The number of carbonyl (C=O) groups excluding carboxylic acids is 1. The zero-order valence-corrected chi connectivity index (χ0v) is 15.6. The summed E-state index contributed by atoms with van der Waals surface area (Å²) >= 11 is 6.08. The van der Waals surface area contributed by atoms with Crippen molar-refractivity contribution in [2.24, 2.45) is 5.92 Å². The highest BCUT2D eigenvalue weighted by molar-refractivity contribution is 6.30. The summed E-state index contributed by atoms with van der Waals surface area (Å²) in [6.45, 7) is 3.86. The van der Waals surface area contributed by atoms with Crippen molar-refractivity contribution in [3.8, 4) is 5.75 Å². The van der Waals surface area contributed by atoms with Gasteiger partial charge in [0.15, 0.2) is 0 Å². The fourth-order valence-electron chi connectivity index (χ4n) is 3.00. The van der Waals surface area contributed by atoms with E-state index in [0.717, 1.165) is 23.3 Å². The van der Waals surface area contributed by atoms with E-state index in [2.05, 4.69) is 23.1 Å². The highest BCUT2D eigenvalue weighted by atomic mass is 35.5. The first-order valence-corrected chi connectivity index (χ1v) is 9.28. The summed E-state index contributed by atoms with van der Waals surface area (Å²) in [4.78, 5) is 12.6. The summed E-state index contributed by atoms with van der Waals surface area (Å²) in [7, 11) is 0. The van der Waals surface area contributed by atoms with Crippen molar-refractivity contribution < 1.29 is 9.53 Å². The molecule has 2 aromatic carbocycles. The lowest BCUT2D eigenvalue weighted by Gasteiger charge is -2.18. The van der Waals surface area contributed by atoms with Gasteiger partial charge in [0.05, 0.1) is 18.6 Å². The van der Waals surface area contributed by atoms with Gasteiger partial charge in [-0.25, -0.2) is 5.43 Å². The number of ether oxygens (including phenoxy) is 1. The molecule has 0 aromatic heterocycles. The van der Waals surface area contributed by atoms with Gasteiger partial charge >= 0.3 is 0 Å². The molecule has 1 aliphatic heterocycles. The van der Waals surface area contributed by atoms with Crippen LogP contribution in [0.2, 0.25) is 5.02 Å². The van der Waals surface area contributed by atoms with Crippen molar-refractivity contribution in [1.29, 1.82) is 0 Å². The second kappa shape index (κ2) is 9.03. The molecule has 3 rings (SSSR count). The molecule has 0 saturated carbocycles. The first-order chi connectivity index (χ1) is 12.7. The SMILES string of the molecule is CCCOc1ccc(CNC(=O)C2CNNC2c2cccc(Cl)c2)cc1. The number of hydrazine groups is 1. The van der Waals surface area contributed by atoms with Crippen LogP contribution in [0.1, 0.15) is 30.5 Å². The molecule has 5 nitrogen and oxygen atoms in total. The number of nitrogens with one attached hydrogen (secondary N) is 3. The van der Waals surface area contributed by atoms with Gasteiger partial charge in [-0.05, 0) is 41.8 Å². The average molecular weight is 374 g/mol. The number of amides is 1. The Labute approximate surface area is 159 Å². The van der Waals surface area contributed by atoms with Crippen LogP contribution in [0.4, 0.5) is 0 Å². The molecule has 1 aliphatic rings. The number of halogens is 1. The predicted octanol–water partition coefficient (Wildman–Crippen LogP) is 3.21. The molecule has 3 N–H and O–H groups in total. The third-order valence-corrected chi connectivity index (χ3v) is 4.62. The van der Waals surface area contributed by atoms with E-state index in [4.69, 9.17) is 16.3 Å². The monoisotopic (exact) mass is 373 g/mol. The molecule has 1 fully saturated rings. The first-order valence-electron chi connectivity index (χ1n) is 8.90. The van der Waals surface area contributed by atoms with E-state index in [1.807, 2.05) is 48.5 Å². The smallest absolute Gasteiger partial charge is 0.226 e. The molecule has 1 saturated heterocycles. The summed E-state index contributed by atoms with van der Waals surface area (Å²) in [6, 6.07) is 15.3. The van der Waals surface area contributed by atoms with Crippen LogP contribution in [0.15, 0.2) is 48.5 Å². The van der Waals surface area contributed by atoms with Gasteiger partial charge in [-0.15, -0.1) is 0 Å². The molecule has 0 aliphatic carbocycles. The highest BCUT2D eigenvalue weighted by Crippen LogP contribution is 2.27. The molecule has 2 aromatic rings. The van der Waals surface area contributed by atoms with Crippen molar-refractivity contribution in [1.82, 2.24) is 16.2 Å². The summed E-state index contributed by atoms with van der Waals surface area (Å²) in [6.07, 6.45) is 0.981. The molecule has 138 valence electrons. The van der Waals surface area contributed by atoms with E-state index < -0.39 is 0 Å². The minimum Gasteiger partial charge on any atom is -0.494 e. The lowest BCUT2D eigenvalue weighted by molar-refractivity contribution is -0.125. The zero-order chi connectivity index (χ0) is 18.4. The number of benzene rings is 2. The summed E-state index contributed by atoms with van der Waals surface area (Å²) in [5, 5.41) is 3.69. The molecule has 6 heteroatoms.